The number of thioether (sulfide) groups is 1. The van der Waals surface area contributed by atoms with Gasteiger partial charge in [0.15, 0.2) is 0 Å². The van der Waals surface area contributed by atoms with Crippen molar-refractivity contribution in [1.82, 2.24) is 9.97 Å². The monoisotopic (exact) mass is 619 g/mol. The number of para-hydroxylation sites is 1. The highest BCUT2D eigenvalue weighted by atomic mass is 32.2. The zero-order valence-electron chi connectivity index (χ0n) is 23.6. The van der Waals surface area contributed by atoms with Crippen LogP contribution in [0.3, 0.4) is 0 Å². The Balaban J connectivity index is 0.000000566. The highest BCUT2D eigenvalue weighted by molar-refractivity contribution is 7.98. The fourth-order valence-corrected chi connectivity index (χ4v) is 4.44. The van der Waals surface area contributed by atoms with E-state index in [1.165, 1.54) is 4.90 Å². The molecule has 0 saturated heterocycles. The second kappa shape index (κ2) is 14.4. The summed E-state index contributed by atoms with van der Waals surface area (Å²) in [6.07, 6.45) is -3.02. The standard InChI is InChI=1S/C30H27N5OS.C2HF3O2/c1-31-28-26-5-3-4-6-27(26)34-30(35-28)32-19-20-7-15-24(16-8-20)33-29(36)23-11-9-21(10-12-23)22-13-17-25(37-2)18-14-22;3-2(4,5)1(6)7/h3-18H,19H2,1-2H3,(H,33,36)(H2,31,32,34,35);(H,6,7). The molecule has 44 heavy (non-hydrogen) atoms. The number of hydrogen-bond acceptors (Lipinski definition) is 7. The molecule has 1 heterocycles. The fraction of sp³-hybridized carbons (Fsp3) is 0.125. The maximum Gasteiger partial charge on any atom is 0.490 e. The highest BCUT2D eigenvalue weighted by Crippen LogP contribution is 2.24. The number of carboxylic acids is 1. The number of hydrogen-bond donors (Lipinski definition) is 4. The van der Waals surface area contributed by atoms with Crippen LogP contribution in [0, 0.1) is 0 Å². The van der Waals surface area contributed by atoms with Crippen LogP contribution in [0.2, 0.25) is 0 Å². The van der Waals surface area contributed by atoms with E-state index in [9.17, 15) is 18.0 Å². The molecule has 0 unspecified atom stereocenters. The van der Waals surface area contributed by atoms with E-state index in [1.54, 1.807) is 11.8 Å². The van der Waals surface area contributed by atoms with Gasteiger partial charge in [-0.25, -0.2) is 9.78 Å². The normalized spacial score (nSPS) is 10.8. The zero-order valence-corrected chi connectivity index (χ0v) is 24.5. The van der Waals surface area contributed by atoms with E-state index in [0.717, 1.165) is 39.1 Å². The lowest BCUT2D eigenvalue weighted by Gasteiger charge is -2.10. The SMILES string of the molecule is CNc1nc(NCc2ccc(NC(=O)c3ccc(-c4ccc(SC)cc4)cc3)cc2)nc2ccccc12.O=C(O)C(F)(F)F. The summed E-state index contributed by atoms with van der Waals surface area (Å²) < 4.78 is 31.7. The molecular formula is C32H28F3N5O3S. The molecule has 0 fully saturated rings. The van der Waals surface area contributed by atoms with Gasteiger partial charge in [0.1, 0.15) is 5.82 Å². The number of carbonyl (C=O) groups is 2. The number of alkyl halides is 3. The molecule has 8 nitrogen and oxygen atoms in total. The van der Waals surface area contributed by atoms with Gasteiger partial charge in [-0.05, 0) is 71.5 Å². The number of halogens is 3. The summed E-state index contributed by atoms with van der Waals surface area (Å²) in [5, 5.41) is 17.5. The molecule has 0 aliphatic heterocycles. The smallest absolute Gasteiger partial charge is 0.475 e. The number of nitrogens with one attached hydrogen (secondary N) is 3. The largest absolute Gasteiger partial charge is 0.490 e. The first-order valence-corrected chi connectivity index (χ1v) is 14.4. The Labute approximate surface area is 255 Å². The number of benzene rings is 4. The Morgan fingerprint density at radius 2 is 1.43 bits per heavy atom. The lowest BCUT2D eigenvalue weighted by Crippen LogP contribution is -2.21. The van der Waals surface area contributed by atoms with Crippen LogP contribution in [0.1, 0.15) is 15.9 Å². The summed E-state index contributed by atoms with van der Waals surface area (Å²) in [5.41, 5.74) is 5.50. The third-order valence-corrected chi connectivity index (χ3v) is 7.06. The van der Waals surface area contributed by atoms with Crippen LogP contribution in [0.5, 0.6) is 0 Å². The number of carbonyl (C=O) groups excluding carboxylic acids is 1. The van der Waals surface area contributed by atoms with E-state index in [-0.39, 0.29) is 5.91 Å². The Kier molecular flexibility index (Phi) is 10.4. The van der Waals surface area contributed by atoms with Gasteiger partial charge in [0, 0.05) is 35.1 Å². The van der Waals surface area contributed by atoms with Crippen LogP contribution < -0.4 is 16.0 Å². The molecule has 0 bridgehead atoms. The molecule has 0 radical (unpaired) electrons. The van der Waals surface area contributed by atoms with Crippen molar-refractivity contribution in [3.8, 4) is 11.1 Å². The minimum absolute atomic E-state index is 0.140. The number of amides is 1. The first kappa shape index (κ1) is 31.8. The highest BCUT2D eigenvalue weighted by Gasteiger charge is 2.38. The number of aliphatic carboxylic acids is 1. The molecule has 5 aromatic rings. The summed E-state index contributed by atoms with van der Waals surface area (Å²) in [7, 11) is 1.85. The zero-order chi connectivity index (χ0) is 31.7. The molecule has 4 N–H and O–H groups in total. The molecule has 0 spiro atoms. The summed E-state index contributed by atoms with van der Waals surface area (Å²) in [4.78, 5) is 32.1. The van der Waals surface area contributed by atoms with Gasteiger partial charge in [-0.3, -0.25) is 4.79 Å². The van der Waals surface area contributed by atoms with Crippen molar-refractivity contribution >= 4 is 52.0 Å². The average Bonchev–Trinajstić information content (AvgIpc) is 3.04. The second-order valence-electron chi connectivity index (χ2n) is 9.28. The molecule has 4 aromatic carbocycles. The van der Waals surface area contributed by atoms with Gasteiger partial charge < -0.3 is 21.1 Å². The summed E-state index contributed by atoms with van der Waals surface area (Å²) >= 11 is 1.72. The second-order valence-corrected chi connectivity index (χ2v) is 10.2. The van der Waals surface area contributed by atoms with Crippen LogP contribution in [0.25, 0.3) is 22.0 Å². The van der Waals surface area contributed by atoms with Crippen molar-refractivity contribution < 1.29 is 27.9 Å². The van der Waals surface area contributed by atoms with E-state index in [4.69, 9.17) is 9.90 Å². The molecule has 0 aliphatic rings. The predicted octanol–water partition coefficient (Wildman–Crippen LogP) is 7.56. The number of aromatic nitrogens is 2. The van der Waals surface area contributed by atoms with Gasteiger partial charge >= 0.3 is 12.1 Å². The van der Waals surface area contributed by atoms with E-state index < -0.39 is 12.1 Å². The van der Waals surface area contributed by atoms with Gasteiger partial charge in [-0.2, -0.15) is 18.2 Å². The summed E-state index contributed by atoms with van der Waals surface area (Å²) in [6, 6.07) is 31.7. The number of anilines is 3. The molecule has 1 amide bonds. The topological polar surface area (TPSA) is 116 Å². The maximum atomic E-state index is 12.8. The predicted molar refractivity (Wildman–Crippen MR) is 168 cm³/mol. The first-order chi connectivity index (χ1) is 21.1. The lowest BCUT2D eigenvalue weighted by atomic mass is 10.0. The fourth-order valence-electron chi connectivity index (χ4n) is 4.03. The third-order valence-electron chi connectivity index (χ3n) is 6.32. The van der Waals surface area contributed by atoms with Crippen molar-refractivity contribution in [1.29, 1.82) is 0 Å². The van der Waals surface area contributed by atoms with Crippen molar-refractivity contribution in [2.24, 2.45) is 0 Å². The lowest BCUT2D eigenvalue weighted by molar-refractivity contribution is -0.192. The van der Waals surface area contributed by atoms with Crippen LogP contribution in [0.15, 0.2) is 102 Å². The Bertz CT molecular complexity index is 1730. The Morgan fingerprint density at radius 3 is 2.00 bits per heavy atom. The molecule has 1 aromatic heterocycles. The number of rotatable bonds is 8. The van der Waals surface area contributed by atoms with Crippen LogP contribution in [0.4, 0.5) is 30.6 Å². The maximum absolute atomic E-state index is 12.8. The van der Waals surface area contributed by atoms with Crippen molar-refractivity contribution in [2.45, 2.75) is 17.6 Å². The molecular weight excluding hydrogens is 591 g/mol. The van der Waals surface area contributed by atoms with Gasteiger partial charge in [0.25, 0.3) is 5.91 Å². The number of nitrogens with zero attached hydrogens (tertiary/aromatic N) is 2. The molecule has 0 aliphatic carbocycles. The van der Waals surface area contributed by atoms with Gasteiger partial charge in [0.05, 0.1) is 5.52 Å². The summed E-state index contributed by atoms with van der Waals surface area (Å²) in [6.45, 7) is 0.565. The van der Waals surface area contributed by atoms with E-state index in [1.807, 2.05) is 79.8 Å². The Hall–Kier alpha value is -5.10. The Morgan fingerprint density at radius 1 is 0.841 bits per heavy atom. The van der Waals surface area contributed by atoms with E-state index in [2.05, 4.69) is 56.4 Å². The van der Waals surface area contributed by atoms with Crippen molar-refractivity contribution in [3.05, 3.63) is 108 Å². The van der Waals surface area contributed by atoms with Gasteiger partial charge in [-0.15, -0.1) is 11.8 Å². The van der Waals surface area contributed by atoms with E-state index in [0.29, 0.717) is 18.1 Å². The first-order valence-electron chi connectivity index (χ1n) is 13.2. The minimum Gasteiger partial charge on any atom is -0.475 e. The molecule has 0 saturated carbocycles. The molecule has 5 rings (SSSR count). The van der Waals surface area contributed by atoms with E-state index >= 15 is 0 Å². The van der Waals surface area contributed by atoms with Gasteiger partial charge in [-0.1, -0.05) is 48.5 Å². The van der Waals surface area contributed by atoms with Crippen LogP contribution in [-0.2, 0) is 11.3 Å². The third kappa shape index (κ3) is 8.48. The number of fused-ring (bicyclic) bond motifs is 1. The molecule has 0 atom stereocenters. The molecule has 226 valence electrons. The summed E-state index contributed by atoms with van der Waals surface area (Å²) in [5.74, 6) is -1.55. The molecule has 12 heteroatoms. The van der Waals surface area contributed by atoms with Crippen LogP contribution >= 0.6 is 11.8 Å². The van der Waals surface area contributed by atoms with Gasteiger partial charge in [0.2, 0.25) is 5.95 Å². The minimum atomic E-state index is -5.08. The van der Waals surface area contributed by atoms with Crippen molar-refractivity contribution in [3.63, 3.8) is 0 Å². The average molecular weight is 620 g/mol. The van der Waals surface area contributed by atoms with Crippen LogP contribution in [-0.4, -0.2) is 46.4 Å². The number of carboxylic acid groups (broad SMARTS) is 1. The quantitative estimate of drug-likeness (QED) is 0.132. The van der Waals surface area contributed by atoms with Crippen molar-refractivity contribution in [2.75, 3.05) is 29.3 Å².